The second-order valence-electron chi connectivity index (χ2n) is 17.4. The predicted octanol–water partition coefficient (Wildman–Crippen LogP) is 2.18. The van der Waals surface area contributed by atoms with Crippen molar-refractivity contribution in [2.24, 2.45) is 29.6 Å². The molecule has 3 saturated heterocycles. The molecule has 4 aliphatic rings. The van der Waals surface area contributed by atoms with E-state index in [4.69, 9.17) is 28.4 Å². The highest BCUT2D eigenvalue weighted by Gasteiger charge is 2.58. The molecular weight excluding hydrogens is 690 g/mol. The number of carbonyl (C=O) groups is 2. The Balaban J connectivity index is 1.87. The Morgan fingerprint density at radius 3 is 2.06 bits per heavy atom. The maximum absolute atomic E-state index is 14.2. The van der Waals surface area contributed by atoms with Crippen molar-refractivity contribution in [3.05, 3.63) is 0 Å². The number of nitrogens with zero attached hydrogens (tertiary/aromatic N) is 1. The van der Waals surface area contributed by atoms with E-state index >= 15 is 0 Å². The fourth-order valence-corrected chi connectivity index (χ4v) is 9.12. The van der Waals surface area contributed by atoms with Crippen LogP contribution in [0.5, 0.6) is 0 Å². The molecule has 0 amide bonds. The molecule has 18 atom stereocenters. The van der Waals surface area contributed by atoms with Crippen molar-refractivity contribution in [2.45, 2.75) is 185 Å². The van der Waals surface area contributed by atoms with E-state index in [2.05, 4.69) is 0 Å². The third-order valence-electron chi connectivity index (χ3n) is 12.9. The van der Waals surface area contributed by atoms with Gasteiger partial charge in [-0.2, -0.15) is 0 Å². The van der Waals surface area contributed by atoms with Gasteiger partial charge < -0.3 is 58.9 Å². The highest BCUT2D eigenvalue weighted by Crippen LogP contribution is 2.50. The fourth-order valence-electron chi connectivity index (χ4n) is 9.12. The van der Waals surface area contributed by atoms with Crippen LogP contribution in [0, 0.1) is 29.6 Å². The van der Waals surface area contributed by atoms with Crippen LogP contribution in [-0.2, 0) is 38.0 Å². The van der Waals surface area contributed by atoms with Crippen LogP contribution in [0.25, 0.3) is 0 Å². The molecule has 0 bridgehead atoms. The molecule has 0 spiro atoms. The number of hydrogen-bond donors (Lipinski definition) is 5. The van der Waals surface area contributed by atoms with Gasteiger partial charge in [0.25, 0.3) is 0 Å². The molecule has 0 aromatic rings. The van der Waals surface area contributed by atoms with Gasteiger partial charge in [-0.3, -0.25) is 9.59 Å². The maximum atomic E-state index is 14.2. The molecule has 4 rings (SSSR count). The van der Waals surface area contributed by atoms with Gasteiger partial charge in [0.05, 0.1) is 47.6 Å². The van der Waals surface area contributed by atoms with Crippen molar-refractivity contribution in [3.8, 4) is 0 Å². The van der Waals surface area contributed by atoms with E-state index < -0.39 is 102 Å². The molecule has 5 N–H and O–H groups in total. The summed E-state index contributed by atoms with van der Waals surface area (Å²) in [4.78, 5) is 30.2. The van der Waals surface area contributed by atoms with Crippen LogP contribution in [0.15, 0.2) is 0 Å². The second-order valence-corrected chi connectivity index (χ2v) is 17.4. The Kier molecular flexibility index (Phi) is 14.3. The number of Topliss-reactive ketones (excluding diaryl/α,β-unsaturated/α-hetero) is 1. The smallest absolute Gasteiger partial charge is 0.311 e. The number of methoxy groups -OCH3 is 1. The topological polar surface area (TPSA) is 194 Å². The van der Waals surface area contributed by atoms with Crippen molar-refractivity contribution in [1.82, 2.24) is 4.90 Å². The van der Waals surface area contributed by atoms with E-state index in [0.717, 1.165) is 0 Å². The standard InChI is InChI=1S/C39H69NO13/c1-13-27-38(9,46)32(43)21(4)29(41)19(2)17-39(47,25-14-15-25)34(53-36-30(42)26(40(10)11)16-20(3)49-36)22(5)31(23(6)35(45)51-27)52-28-18-37(8,48-12)33(44)24(7)50-28/h19-28,30-34,36,42-44,46-47H,13-18H2,1-12H3/t19-,20?,21+,22+,23-,24?,26?,27-,28?,30?,31?,32?,33?,34?,36?,37?,38-,39+/m1/s1. The van der Waals surface area contributed by atoms with Gasteiger partial charge in [0.1, 0.15) is 29.7 Å². The molecule has 308 valence electrons. The van der Waals surface area contributed by atoms with Gasteiger partial charge >= 0.3 is 5.97 Å². The Morgan fingerprint density at radius 2 is 1.51 bits per heavy atom. The molecule has 14 heteroatoms. The lowest BCUT2D eigenvalue weighted by molar-refractivity contribution is -0.320. The number of esters is 1. The summed E-state index contributed by atoms with van der Waals surface area (Å²) in [7, 11) is 5.23. The monoisotopic (exact) mass is 759 g/mol. The normalized spacial score (nSPS) is 49.7. The summed E-state index contributed by atoms with van der Waals surface area (Å²) in [5.41, 5.74) is -4.72. The molecule has 0 radical (unpaired) electrons. The van der Waals surface area contributed by atoms with E-state index in [1.807, 2.05) is 25.9 Å². The van der Waals surface area contributed by atoms with E-state index in [9.17, 15) is 35.1 Å². The van der Waals surface area contributed by atoms with Crippen LogP contribution in [-0.4, -0.2) is 148 Å². The molecule has 4 fully saturated rings. The minimum absolute atomic E-state index is 0.0617. The van der Waals surface area contributed by atoms with Gasteiger partial charge in [0, 0.05) is 37.3 Å². The van der Waals surface area contributed by atoms with Crippen molar-refractivity contribution in [3.63, 3.8) is 0 Å². The van der Waals surface area contributed by atoms with Crippen LogP contribution >= 0.6 is 0 Å². The first-order valence-corrected chi connectivity index (χ1v) is 19.6. The zero-order valence-electron chi connectivity index (χ0n) is 33.9. The average molecular weight is 760 g/mol. The Morgan fingerprint density at radius 1 is 0.887 bits per heavy atom. The van der Waals surface area contributed by atoms with E-state index in [1.54, 1.807) is 41.5 Å². The highest BCUT2D eigenvalue weighted by molar-refractivity contribution is 5.83. The number of hydrogen-bond acceptors (Lipinski definition) is 14. The number of rotatable bonds is 8. The van der Waals surface area contributed by atoms with Gasteiger partial charge in [0.2, 0.25) is 0 Å². The molecular formula is C39H69NO13. The molecule has 0 aromatic carbocycles. The van der Waals surface area contributed by atoms with Crippen LogP contribution in [0.4, 0.5) is 0 Å². The summed E-state index contributed by atoms with van der Waals surface area (Å²) >= 11 is 0. The van der Waals surface area contributed by atoms with Gasteiger partial charge in [-0.15, -0.1) is 0 Å². The fraction of sp³-hybridized carbons (Fsp3) is 0.949. The van der Waals surface area contributed by atoms with Crippen molar-refractivity contribution < 1.29 is 63.5 Å². The van der Waals surface area contributed by atoms with Crippen LogP contribution in [0.1, 0.15) is 101 Å². The average Bonchev–Trinajstić information content (AvgIpc) is 3.96. The van der Waals surface area contributed by atoms with E-state index in [-0.39, 0.29) is 43.1 Å². The number of likely N-dealkylation sites (N-methyl/N-ethyl adjacent to an activating group) is 1. The lowest BCUT2D eigenvalue weighted by Crippen LogP contribution is -2.62. The van der Waals surface area contributed by atoms with E-state index in [1.165, 1.54) is 21.0 Å². The first kappa shape index (κ1) is 44.4. The van der Waals surface area contributed by atoms with Crippen LogP contribution in [0.3, 0.4) is 0 Å². The minimum Gasteiger partial charge on any atom is -0.459 e. The number of aliphatic hydroxyl groups is 5. The summed E-state index contributed by atoms with van der Waals surface area (Å²) in [6, 6.07) is -0.315. The molecule has 3 heterocycles. The number of ketones is 1. The molecule has 53 heavy (non-hydrogen) atoms. The quantitative estimate of drug-likeness (QED) is 0.226. The Bertz CT molecular complexity index is 1250. The van der Waals surface area contributed by atoms with Gasteiger partial charge in [-0.25, -0.2) is 0 Å². The predicted molar refractivity (Wildman–Crippen MR) is 193 cm³/mol. The summed E-state index contributed by atoms with van der Waals surface area (Å²) in [6.07, 6.45) is -8.17. The summed E-state index contributed by atoms with van der Waals surface area (Å²) in [5, 5.41) is 58.7. The molecule has 1 saturated carbocycles. The van der Waals surface area contributed by atoms with Crippen molar-refractivity contribution in [2.75, 3.05) is 21.2 Å². The molecule has 3 aliphatic heterocycles. The molecule has 0 aromatic heterocycles. The lowest BCUT2D eigenvalue weighted by atomic mass is 9.71. The number of carbonyl (C=O) groups excluding carboxylic acids is 2. The van der Waals surface area contributed by atoms with E-state index in [0.29, 0.717) is 19.3 Å². The third kappa shape index (κ3) is 9.14. The van der Waals surface area contributed by atoms with Gasteiger partial charge in [-0.1, -0.05) is 27.7 Å². The molecule has 11 unspecified atom stereocenters. The van der Waals surface area contributed by atoms with Gasteiger partial charge in [0.15, 0.2) is 12.6 Å². The number of cyclic esters (lactones) is 1. The maximum Gasteiger partial charge on any atom is 0.311 e. The number of aliphatic hydroxyl groups excluding tert-OH is 3. The minimum atomic E-state index is -1.99. The summed E-state index contributed by atoms with van der Waals surface area (Å²) in [6.45, 7) is 15.1. The van der Waals surface area contributed by atoms with Crippen molar-refractivity contribution in [1.29, 1.82) is 0 Å². The largest absolute Gasteiger partial charge is 0.459 e. The van der Waals surface area contributed by atoms with Crippen LogP contribution < -0.4 is 0 Å². The van der Waals surface area contributed by atoms with Gasteiger partial charge in [-0.05, 0) is 86.7 Å². The first-order valence-electron chi connectivity index (χ1n) is 19.6. The zero-order chi connectivity index (χ0) is 40.0. The Hall–Kier alpha value is -1.30. The molecule has 14 nitrogen and oxygen atoms in total. The zero-order valence-corrected chi connectivity index (χ0v) is 33.9. The second kappa shape index (κ2) is 17.1. The third-order valence-corrected chi connectivity index (χ3v) is 12.9. The summed E-state index contributed by atoms with van der Waals surface area (Å²) in [5.74, 6) is -5.14. The van der Waals surface area contributed by atoms with Crippen molar-refractivity contribution >= 4 is 11.8 Å². The highest BCUT2D eigenvalue weighted by atomic mass is 16.7. The van der Waals surface area contributed by atoms with Crippen LogP contribution in [0.2, 0.25) is 0 Å². The summed E-state index contributed by atoms with van der Waals surface area (Å²) < 4.78 is 37.6. The lowest BCUT2D eigenvalue weighted by Gasteiger charge is -2.50. The SMILES string of the molecule is CC[C@H]1OC(=O)[C@H](C)C(OC2CC(C)(OC)C(O)C(C)O2)[C@H](C)C(OC2OC(C)CC(N(C)C)C2O)[C@@](O)(C2CC2)C[C@@H](C)C(=O)[C@H](C)C(O)[C@]1(C)O. The number of ether oxygens (including phenoxy) is 6. The first-order chi connectivity index (χ1) is 24.5. The molecule has 1 aliphatic carbocycles. The Labute approximate surface area is 315 Å².